The number of aryl methyl sites for hydroxylation is 1. The van der Waals surface area contributed by atoms with E-state index in [1.54, 1.807) is 31.4 Å². The molecule has 0 bridgehead atoms. The third kappa shape index (κ3) is 2.32. The Balaban J connectivity index is 2.14. The van der Waals surface area contributed by atoms with Crippen LogP contribution in [0.4, 0.5) is 0 Å². The highest BCUT2D eigenvalue weighted by atomic mass is 16.5. The third-order valence-electron chi connectivity index (χ3n) is 2.69. The molecule has 1 aromatic carbocycles. The highest BCUT2D eigenvalue weighted by Gasteiger charge is 2.09. The highest BCUT2D eigenvalue weighted by molar-refractivity contribution is 5.99. The van der Waals surface area contributed by atoms with Gasteiger partial charge in [0.1, 0.15) is 5.75 Å². The zero-order chi connectivity index (χ0) is 13.1. The van der Waals surface area contributed by atoms with E-state index in [-0.39, 0.29) is 5.91 Å². The molecule has 0 spiro atoms. The summed E-state index contributed by atoms with van der Waals surface area (Å²) < 4.78 is 5.03. The summed E-state index contributed by atoms with van der Waals surface area (Å²) in [6.45, 7) is 3.67. The quantitative estimate of drug-likeness (QED) is 0.886. The van der Waals surface area contributed by atoms with E-state index >= 15 is 0 Å². The van der Waals surface area contributed by atoms with Crippen LogP contribution in [0.5, 0.6) is 5.75 Å². The number of benzene rings is 1. The summed E-state index contributed by atoms with van der Waals surface area (Å²) in [5.41, 5.74) is 4.76. The Hall–Kier alpha value is -2.37. The van der Waals surface area contributed by atoms with E-state index in [1.165, 1.54) is 4.79 Å². The average Bonchev–Trinajstić information content (AvgIpc) is 2.71. The molecule has 94 valence electrons. The maximum Gasteiger partial charge on any atom is 0.271 e. The average molecular weight is 246 g/mol. The second-order valence-corrected chi connectivity index (χ2v) is 3.84. The molecule has 0 radical (unpaired) electrons. The second kappa shape index (κ2) is 4.87. The number of methoxy groups -OCH3 is 1. The zero-order valence-corrected chi connectivity index (χ0v) is 10.5. The summed E-state index contributed by atoms with van der Waals surface area (Å²) in [6.07, 6.45) is 0. The van der Waals surface area contributed by atoms with Gasteiger partial charge < -0.3 is 4.74 Å². The molecule has 2 rings (SSSR count). The van der Waals surface area contributed by atoms with Gasteiger partial charge in [0.05, 0.1) is 18.5 Å². The monoisotopic (exact) mass is 246 g/mol. The fourth-order valence-corrected chi connectivity index (χ4v) is 1.41. The van der Waals surface area contributed by atoms with Crippen molar-refractivity contribution < 1.29 is 9.53 Å². The third-order valence-corrected chi connectivity index (χ3v) is 2.69. The minimum Gasteiger partial charge on any atom is -0.497 e. The Kier molecular flexibility index (Phi) is 3.27. The Labute approximate surface area is 105 Å². The maximum atomic E-state index is 11.9. The van der Waals surface area contributed by atoms with Crippen molar-refractivity contribution in [3.8, 4) is 5.75 Å². The van der Waals surface area contributed by atoms with Crippen LogP contribution in [0.1, 0.15) is 21.7 Å². The molecule has 18 heavy (non-hydrogen) atoms. The number of amides is 1. The number of hydrogen-bond donors (Lipinski definition) is 1. The number of rotatable bonds is 3. The standard InChI is InChI=1S/C12H14N4O2/c1-8-9(2)16(15-13-8)14-12(17)10-4-6-11(18-3)7-5-10/h4-7H,1-3H3,(H,14,17). The number of hydrogen-bond acceptors (Lipinski definition) is 4. The molecule has 0 aliphatic rings. The summed E-state index contributed by atoms with van der Waals surface area (Å²) in [4.78, 5) is 13.3. The molecule has 6 nitrogen and oxygen atoms in total. The van der Waals surface area contributed by atoms with Crippen LogP contribution < -0.4 is 10.2 Å². The smallest absolute Gasteiger partial charge is 0.271 e. The first-order valence-corrected chi connectivity index (χ1v) is 5.46. The molecule has 0 unspecified atom stereocenters. The summed E-state index contributed by atoms with van der Waals surface area (Å²) >= 11 is 0. The molecule has 1 N–H and O–H groups in total. The number of nitrogens with zero attached hydrogens (tertiary/aromatic N) is 3. The van der Waals surface area contributed by atoms with E-state index in [4.69, 9.17) is 4.74 Å². The van der Waals surface area contributed by atoms with Crippen molar-refractivity contribution in [3.63, 3.8) is 0 Å². The fourth-order valence-electron chi connectivity index (χ4n) is 1.41. The minimum absolute atomic E-state index is 0.245. The Morgan fingerprint density at radius 3 is 2.44 bits per heavy atom. The van der Waals surface area contributed by atoms with Crippen LogP contribution in [-0.2, 0) is 0 Å². The van der Waals surface area contributed by atoms with Crippen LogP contribution in [0.2, 0.25) is 0 Å². The first-order valence-electron chi connectivity index (χ1n) is 5.46. The summed E-state index contributed by atoms with van der Waals surface area (Å²) in [5, 5.41) is 7.69. The first-order chi connectivity index (χ1) is 8.61. The van der Waals surface area contributed by atoms with Crippen molar-refractivity contribution >= 4 is 5.91 Å². The topological polar surface area (TPSA) is 69.0 Å². The number of aromatic nitrogens is 3. The molecule has 1 amide bonds. The number of carbonyl (C=O) groups excluding carboxylic acids is 1. The lowest BCUT2D eigenvalue weighted by atomic mass is 10.2. The van der Waals surface area contributed by atoms with Crippen LogP contribution >= 0.6 is 0 Å². The van der Waals surface area contributed by atoms with E-state index in [1.807, 2.05) is 13.8 Å². The molecule has 0 saturated heterocycles. The van der Waals surface area contributed by atoms with Crippen LogP contribution in [0.3, 0.4) is 0 Å². The van der Waals surface area contributed by atoms with Crippen molar-refractivity contribution in [1.29, 1.82) is 0 Å². The van der Waals surface area contributed by atoms with Crippen LogP contribution in [0, 0.1) is 13.8 Å². The summed E-state index contributed by atoms with van der Waals surface area (Å²) in [6, 6.07) is 6.84. The normalized spacial score (nSPS) is 10.2. The molecule has 6 heteroatoms. The lowest BCUT2D eigenvalue weighted by Crippen LogP contribution is -2.25. The predicted molar refractivity (Wildman–Crippen MR) is 66.2 cm³/mol. The van der Waals surface area contributed by atoms with E-state index in [9.17, 15) is 4.79 Å². The van der Waals surface area contributed by atoms with Crippen LogP contribution in [0.25, 0.3) is 0 Å². The Morgan fingerprint density at radius 2 is 1.94 bits per heavy atom. The molecule has 0 aliphatic carbocycles. The van der Waals surface area contributed by atoms with Gasteiger partial charge >= 0.3 is 0 Å². The van der Waals surface area contributed by atoms with Gasteiger partial charge in [-0.05, 0) is 43.3 Å². The molecule has 0 atom stereocenters. The van der Waals surface area contributed by atoms with Crippen molar-refractivity contribution in [2.45, 2.75) is 13.8 Å². The number of ether oxygens (including phenoxy) is 1. The zero-order valence-electron chi connectivity index (χ0n) is 10.5. The van der Waals surface area contributed by atoms with Crippen molar-refractivity contribution in [2.75, 3.05) is 12.5 Å². The van der Waals surface area contributed by atoms with Gasteiger partial charge in [0.15, 0.2) is 0 Å². The van der Waals surface area contributed by atoms with E-state index in [2.05, 4.69) is 15.7 Å². The second-order valence-electron chi connectivity index (χ2n) is 3.84. The van der Waals surface area contributed by atoms with Crippen molar-refractivity contribution in [1.82, 2.24) is 15.1 Å². The maximum absolute atomic E-state index is 11.9. The molecular formula is C12H14N4O2. The largest absolute Gasteiger partial charge is 0.497 e. The minimum atomic E-state index is -0.245. The summed E-state index contributed by atoms with van der Waals surface area (Å²) in [5.74, 6) is 0.463. The van der Waals surface area contributed by atoms with Crippen LogP contribution in [0.15, 0.2) is 24.3 Å². The van der Waals surface area contributed by atoms with E-state index < -0.39 is 0 Å². The van der Waals surface area contributed by atoms with Gasteiger partial charge in [-0.25, -0.2) is 5.43 Å². The van der Waals surface area contributed by atoms with Crippen molar-refractivity contribution in [3.05, 3.63) is 41.2 Å². The highest BCUT2D eigenvalue weighted by Crippen LogP contribution is 2.11. The molecule has 0 fully saturated rings. The van der Waals surface area contributed by atoms with E-state index in [0.29, 0.717) is 11.3 Å². The fraction of sp³-hybridized carbons (Fsp3) is 0.250. The van der Waals surface area contributed by atoms with Crippen molar-refractivity contribution in [2.24, 2.45) is 0 Å². The lowest BCUT2D eigenvalue weighted by molar-refractivity contribution is 0.100. The number of carbonyl (C=O) groups is 1. The molecule has 2 aromatic rings. The first kappa shape index (κ1) is 12.1. The molecule has 0 saturated carbocycles. The van der Waals surface area contributed by atoms with Gasteiger partial charge in [-0.3, -0.25) is 4.79 Å². The number of nitrogens with one attached hydrogen (secondary N) is 1. The van der Waals surface area contributed by atoms with Gasteiger partial charge in [0, 0.05) is 5.56 Å². The van der Waals surface area contributed by atoms with Crippen LogP contribution in [-0.4, -0.2) is 28.1 Å². The molecular weight excluding hydrogens is 232 g/mol. The van der Waals surface area contributed by atoms with Gasteiger partial charge in [-0.1, -0.05) is 0 Å². The van der Waals surface area contributed by atoms with Gasteiger partial charge in [0.25, 0.3) is 5.91 Å². The van der Waals surface area contributed by atoms with E-state index in [0.717, 1.165) is 11.4 Å². The van der Waals surface area contributed by atoms with Gasteiger partial charge in [0.2, 0.25) is 0 Å². The summed E-state index contributed by atoms with van der Waals surface area (Å²) in [7, 11) is 1.58. The lowest BCUT2D eigenvalue weighted by Gasteiger charge is -2.06. The molecule has 1 heterocycles. The predicted octanol–water partition coefficient (Wildman–Crippen LogP) is 1.29. The SMILES string of the molecule is COc1ccc(C(=O)Nn2nnc(C)c2C)cc1. The molecule has 0 aliphatic heterocycles. The Morgan fingerprint density at radius 1 is 1.28 bits per heavy atom. The van der Waals surface area contributed by atoms with Gasteiger partial charge in [-0.15, -0.1) is 5.10 Å². The molecule has 1 aromatic heterocycles. The van der Waals surface area contributed by atoms with Gasteiger partial charge in [-0.2, -0.15) is 4.79 Å². The Bertz CT molecular complexity index is 560.